The number of rotatable bonds is 5. The number of carbonyl (C=O) groups is 2. The zero-order valence-corrected chi connectivity index (χ0v) is 11.0. The summed E-state index contributed by atoms with van der Waals surface area (Å²) in [5.41, 5.74) is -0.416. The Balaban J connectivity index is 2.98. The van der Waals surface area contributed by atoms with E-state index in [1.807, 2.05) is 0 Å². The minimum Gasteiger partial charge on any atom is -0.480 e. The molecule has 2 atom stereocenters. The average molecular weight is 303 g/mol. The van der Waals surface area contributed by atoms with Gasteiger partial charge in [0.2, 0.25) is 0 Å². The molecule has 0 saturated carbocycles. The molecule has 0 fully saturated rings. The molecule has 1 aromatic rings. The number of nitro benzene ring substituents is 1. The molecule has 108 valence electrons. The first-order chi connectivity index (χ1) is 9.23. The Morgan fingerprint density at radius 1 is 1.45 bits per heavy atom. The third-order valence-electron chi connectivity index (χ3n) is 2.44. The maximum atomic E-state index is 11.8. The Morgan fingerprint density at radius 3 is 2.45 bits per heavy atom. The Labute approximate surface area is 118 Å². The molecular formula is C11H11ClN2O6. The van der Waals surface area contributed by atoms with Gasteiger partial charge in [0.25, 0.3) is 11.6 Å². The van der Waals surface area contributed by atoms with Gasteiger partial charge >= 0.3 is 5.97 Å². The van der Waals surface area contributed by atoms with Crippen molar-refractivity contribution in [1.29, 1.82) is 0 Å². The van der Waals surface area contributed by atoms with E-state index in [-0.39, 0.29) is 16.3 Å². The second kappa shape index (κ2) is 6.31. The summed E-state index contributed by atoms with van der Waals surface area (Å²) in [4.78, 5) is 32.5. The summed E-state index contributed by atoms with van der Waals surface area (Å²) in [5, 5.41) is 30.5. The molecule has 0 aromatic heterocycles. The molecule has 0 unspecified atom stereocenters. The predicted molar refractivity (Wildman–Crippen MR) is 68.7 cm³/mol. The summed E-state index contributed by atoms with van der Waals surface area (Å²) in [5.74, 6) is -2.26. The van der Waals surface area contributed by atoms with E-state index < -0.39 is 28.9 Å². The minimum absolute atomic E-state index is 0.121. The molecule has 0 aliphatic heterocycles. The topological polar surface area (TPSA) is 130 Å². The van der Waals surface area contributed by atoms with Crippen LogP contribution in [-0.4, -0.2) is 39.2 Å². The van der Waals surface area contributed by atoms with Gasteiger partial charge in [-0.1, -0.05) is 11.6 Å². The fraction of sp³-hybridized carbons (Fsp3) is 0.273. The van der Waals surface area contributed by atoms with Crippen LogP contribution in [0.15, 0.2) is 18.2 Å². The number of benzene rings is 1. The lowest BCUT2D eigenvalue weighted by Gasteiger charge is -2.17. The number of carbonyl (C=O) groups excluding carboxylic acids is 1. The highest BCUT2D eigenvalue weighted by atomic mass is 35.5. The quantitative estimate of drug-likeness (QED) is 0.545. The van der Waals surface area contributed by atoms with Crippen molar-refractivity contribution in [2.24, 2.45) is 0 Å². The van der Waals surface area contributed by atoms with Gasteiger partial charge in [0.05, 0.1) is 21.6 Å². The molecule has 8 nitrogen and oxygen atoms in total. The van der Waals surface area contributed by atoms with E-state index in [0.717, 1.165) is 18.2 Å². The number of nitro groups is 1. The van der Waals surface area contributed by atoms with Gasteiger partial charge in [0.15, 0.2) is 6.04 Å². The zero-order chi connectivity index (χ0) is 15.4. The highest BCUT2D eigenvalue weighted by Gasteiger charge is 2.26. The standard InChI is InChI=1S/C11H11ClN2O6/c1-5(15)9(11(17)18)13-10(16)7-3-2-6(14(19)20)4-8(7)12/h2-5,9,15H,1H3,(H,13,16)(H,17,18)/t5-,9+/m1/s1. The van der Waals surface area contributed by atoms with E-state index in [0.29, 0.717) is 0 Å². The molecule has 0 heterocycles. The van der Waals surface area contributed by atoms with Crippen molar-refractivity contribution in [2.45, 2.75) is 19.1 Å². The largest absolute Gasteiger partial charge is 0.480 e. The normalized spacial score (nSPS) is 13.3. The number of halogens is 1. The number of carboxylic acid groups (broad SMARTS) is 1. The van der Waals surface area contributed by atoms with Gasteiger partial charge in [-0.05, 0) is 13.0 Å². The van der Waals surface area contributed by atoms with Crippen LogP contribution in [0.1, 0.15) is 17.3 Å². The van der Waals surface area contributed by atoms with Crippen molar-refractivity contribution < 1.29 is 24.7 Å². The molecule has 1 rings (SSSR count). The van der Waals surface area contributed by atoms with Gasteiger partial charge in [0, 0.05) is 12.1 Å². The maximum Gasteiger partial charge on any atom is 0.328 e. The maximum absolute atomic E-state index is 11.8. The highest BCUT2D eigenvalue weighted by Crippen LogP contribution is 2.22. The molecule has 0 aliphatic carbocycles. The fourth-order valence-corrected chi connectivity index (χ4v) is 1.67. The van der Waals surface area contributed by atoms with Crippen LogP contribution in [0.5, 0.6) is 0 Å². The van der Waals surface area contributed by atoms with E-state index >= 15 is 0 Å². The molecule has 20 heavy (non-hydrogen) atoms. The van der Waals surface area contributed by atoms with Crippen LogP contribution in [0, 0.1) is 10.1 Å². The molecule has 9 heteroatoms. The number of aliphatic hydroxyl groups is 1. The molecular weight excluding hydrogens is 292 g/mol. The van der Waals surface area contributed by atoms with Crippen molar-refractivity contribution in [3.05, 3.63) is 38.9 Å². The van der Waals surface area contributed by atoms with Gasteiger partial charge in [0.1, 0.15) is 0 Å². The van der Waals surface area contributed by atoms with Gasteiger partial charge in [-0.2, -0.15) is 0 Å². The van der Waals surface area contributed by atoms with Crippen LogP contribution in [0.3, 0.4) is 0 Å². The molecule has 0 spiro atoms. The van der Waals surface area contributed by atoms with E-state index in [1.165, 1.54) is 6.92 Å². The van der Waals surface area contributed by atoms with E-state index in [4.69, 9.17) is 16.7 Å². The summed E-state index contributed by atoms with van der Waals surface area (Å²) in [7, 11) is 0. The Morgan fingerprint density at radius 2 is 2.05 bits per heavy atom. The van der Waals surface area contributed by atoms with E-state index in [1.54, 1.807) is 0 Å². The predicted octanol–water partition coefficient (Wildman–Crippen LogP) is 0.812. The fourth-order valence-electron chi connectivity index (χ4n) is 1.41. The number of non-ortho nitro benzene ring substituents is 1. The first-order valence-electron chi connectivity index (χ1n) is 5.39. The van der Waals surface area contributed by atoms with Crippen molar-refractivity contribution in [3.63, 3.8) is 0 Å². The van der Waals surface area contributed by atoms with Crippen molar-refractivity contribution in [3.8, 4) is 0 Å². The van der Waals surface area contributed by atoms with Crippen molar-refractivity contribution in [2.75, 3.05) is 0 Å². The molecule has 1 aromatic carbocycles. The number of nitrogens with one attached hydrogen (secondary N) is 1. The van der Waals surface area contributed by atoms with Gasteiger partial charge in [-0.15, -0.1) is 0 Å². The molecule has 0 bridgehead atoms. The molecule has 3 N–H and O–H groups in total. The van der Waals surface area contributed by atoms with Crippen LogP contribution in [0.4, 0.5) is 5.69 Å². The molecule has 0 saturated heterocycles. The lowest BCUT2D eigenvalue weighted by molar-refractivity contribution is -0.384. The van der Waals surface area contributed by atoms with E-state index in [2.05, 4.69) is 5.32 Å². The van der Waals surface area contributed by atoms with E-state index in [9.17, 15) is 24.8 Å². The van der Waals surface area contributed by atoms with Crippen molar-refractivity contribution >= 4 is 29.2 Å². The second-order valence-electron chi connectivity index (χ2n) is 3.95. The van der Waals surface area contributed by atoms with Crippen LogP contribution < -0.4 is 5.32 Å². The van der Waals surface area contributed by atoms with Crippen molar-refractivity contribution in [1.82, 2.24) is 5.32 Å². The monoisotopic (exact) mass is 302 g/mol. The number of aliphatic hydroxyl groups excluding tert-OH is 1. The summed E-state index contributed by atoms with van der Waals surface area (Å²) < 4.78 is 0. The average Bonchev–Trinajstić information content (AvgIpc) is 2.34. The Bertz CT molecular complexity index is 560. The van der Waals surface area contributed by atoms with Gasteiger partial charge in [-0.25, -0.2) is 4.79 Å². The van der Waals surface area contributed by atoms with Gasteiger partial charge < -0.3 is 15.5 Å². The summed E-state index contributed by atoms with van der Waals surface area (Å²) >= 11 is 5.74. The Hall–Kier alpha value is -2.19. The van der Waals surface area contributed by atoms with Crippen LogP contribution >= 0.6 is 11.6 Å². The number of hydrogen-bond acceptors (Lipinski definition) is 5. The molecule has 0 aliphatic rings. The second-order valence-corrected chi connectivity index (χ2v) is 4.36. The SMILES string of the molecule is C[C@@H](O)[C@H](NC(=O)c1ccc([N+](=O)[O-])cc1Cl)C(=O)O. The summed E-state index contributed by atoms with van der Waals surface area (Å²) in [6.07, 6.45) is -1.31. The third kappa shape index (κ3) is 3.65. The summed E-state index contributed by atoms with van der Waals surface area (Å²) in [6.45, 7) is 1.20. The lowest BCUT2D eigenvalue weighted by atomic mass is 10.1. The van der Waals surface area contributed by atoms with Gasteiger partial charge in [-0.3, -0.25) is 14.9 Å². The van der Waals surface area contributed by atoms with Crippen LogP contribution in [-0.2, 0) is 4.79 Å². The number of carboxylic acids is 1. The van der Waals surface area contributed by atoms with Crippen LogP contribution in [0.2, 0.25) is 5.02 Å². The van der Waals surface area contributed by atoms with Crippen LogP contribution in [0.25, 0.3) is 0 Å². The smallest absolute Gasteiger partial charge is 0.328 e. The third-order valence-corrected chi connectivity index (χ3v) is 2.76. The number of amides is 1. The minimum atomic E-state index is -1.51. The Kier molecular flexibility index (Phi) is 5.00. The molecule has 1 amide bonds. The number of aliphatic carboxylic acids is 1. The zero-order valence-electron chi connectivity index (χ0n) is 10.2. The molecule has 0 radical (unpaired) electrons. The number of nitrogens with zero attached hydrogens (tertiary/aromatic N) is 1. The lowest BCUT2D eigenvalue weighted by Crippen LogP contribution is -2.47. The highest BCUT2D eigenvalue weighted by molar-refractivity contribution is 6.34. The number of hydrogen-bond donors (Lipinski definition) is 3. The first-order valence-corrected chi connectivity index (χ1v) is 5.77. The summed E-state index contributed by atoms with van der Waals surface area (Å²) in [6, 6.07) is 1.65. The first kappa shape index (κ1) is 15.9.